The zero-order valence-corrected chi connectivity index (χ0v) is 16.3. The molecule has 0 radical (unpaired) electrons. The normalized spacial score (nSPS) is 22.6. The van der Waals surface area contributed by atoms with E-state index in [2.05, 4.69) is 109 Å². The van der Waals surface area contributed by atoms with Crippen molar-refractivity contribution in [2.75, 3.05) is 13.6 Å². The minimum atomic E-state index is 0.325. The summed E-state index contributed by atoms with van der Waals surface area (Å²) >= 11 is 9.80. The highest BCUT2D eigenvalue weighted by Crippen LogP contribution is 2.42. The van der Waals surface area contributed by atoms with E-state index >= 15 is 0 Å². The summed E-state index contributed by atoms with van der Waals surface area (Å²) in [6.07, 6.45) is 0. The largest absolute Gasteiger partial charge is 0.294 e. The van der Waals surface area contributed by atoms with Gasteiger partial charge in [0.05, 0.1) is 10.9 Å². The average molecular weight is 507 g/mol. The number of fused-ring (bicyclic) bond motifs is 1. The highest BCUT2D eigenvalue weighted by Gasteiger charge is 2.30. The fraction of sp³-hybridized carbons (Fsp3) is 0.250. The van der Waals surface area contributed by atoms with Crippen molar-refractivity contribution in [3.05, 3.63) is 67.2 Å². The lowest BCUT2D eigenvalue weighted by Gasteiger charge is -2.37. The number of rotatable bonds is 1. The SMILES string of the molecule is CN1CC(Br)c2ccc(Br)cc2C1c1cccc(I)c1. The van der Waals surface area contributed by atoms with E-state index in [-0.39, 0.29) is 0 Å². The van der Waals surface area contributed by atoms with Crippen LogP contribution >= 0.6 is 54.5 Å². The summed E-state index contributed by atoms with van der Waals surface area (Å²) in [7, 11) is 2.20. The molecule has 1 heterocycles. The molecule has 0 aliphatic carbocycles. The van der Waals surface area contributed by atoms with E-state index in [0.29, 0.717) is 10.9 Å². The fourth-order valence-electron chi connectivity index (χ4n) is 2.87. The fourth-order valence-corrected chi connectivity index (χ4v) is 4.69. The predicted octanol–water partition coefficient (Wildman–Crippen LogP) is 5.52. The summed E-state index contributed by atoms with van der Waals surface area (Å²) in [5, 5.41) is 0. The summed E-state index contributed by atoms with van der Waals surface area (Å²) in [6, 6.07) is 15.7. The Morgan fingerprint density at radius 3 is 2.70 bits per heavy atom. The summed E-state index contributed by atoms with van der Waals surface area (Å²) in [5.74, 6) is 0. The van der Waals surface area contributed by atoms with Gasteiger partial charge in [-0.2, -0.15) is 0 Å². The van der Waals surface area contributed by atoms with Gasteiger partial charge in [-0.3, -0.25) is 4.90 Å². The van der Waals surface area contributed by atoms with Crippen LogP contribution in [-0.4, -0.2) is 18.5 Å². The van der Waals surface area contributed by atoms with Crippen molar-refractivity contribution >= 4 is 54.5 Å². The second-order valence-electron chi connectivity index (χ2n) is 5.14. The molecule has 2 unspecified atom stereocenters. The van der Waals surface area contributed by atoms with Crippen LogP contribution in [0.3, 0.4) is 0 Å². The molecule has 0 bridgehead atoms. The highest BCUT2D eigenvalue weighted by molar-refractivity contribution is 14.1. The molecule has 1 aliphatic rings. The molecule has 0 saturated heterocycles. The molecule has 0 amide bonds. The molecule has 3 rings (SSSR count). The third-order valence-electron chi connectivity index (χ3n) is 3.73. The maximum absolute atomic E-state index is 3.81. The molecule has 0 N–H and O–H groups in total. The minimum absolute atomic E-state index is 0.325. The Bertz CT molecular complexity index is 644. The zero-order valence-electron chi connectivity index (χ0n) is 11.0. The van der Waals surface area contributed by atoms with Gasteiger partial charge < -0.3 is 0 Å². The Kier molecular flexibility index (Phi) is 4.55. The van der Waals surface area contributed by atoms with Crippen molar-refractivity contribution < 1.29 is 0 Å². The van der Waals surface area contributed by atoms with E-state index in [1.807, 2.05) is 0 Å². The van der Waals surface area contributed by atoms with Gasteiger partial charge in [0.15, 0.2) is 0 Å². The number of alkyl halides is 1. The average Bonchev–Trinajstić information content (AvgIpc) is 2.38. The van der Waals surface area contributed by atoms with Crippen LogP contribution in [0.4, 0.5) is 0 Å². The Morgan fingerprint density at radius 1 is 1.15 bits per heavy atom. The van der Waals surface area contributed by atoms with Crippen molar-refractivity contribution in [1.29, 1.82) is 0 Å². The molecule has 0 spiro atoms. The van der Waals surface area contributed by atoms with Crippen LogP contribution in [0.15, 0.2) is 46.9 Å². The van der Waals surface area contributed by atoms with Crippen molar-refractivity contribution in [3.8, 4) is 0 Å². The topological polar surface area (TPSA) is 3.24 Å². The van der Waals surface area contributed by atoms with Crippen LogP contribution in [0, 0.1) is 3.57 Å². The lowest BCUT2D eigenvalue weighted by molar-refractivity contribution is 0.263. The van der Waals surface area contributed by atoms with Crippen LogP contribution in [0.25, 0.3) is 0 Å². The van der Waals surface area contributed by atoms with E-state index in [1.54, 1.807) is 0 Å². The van der Waals surface area contributed by atoms with E-state index in [0.717, 1.165) is 11.0 Å². The summed E-state index contributed by atoms with van der Waals surface area (Å²) in [6.45, 7) is 1.02. The van der Waals surface area contributed by atoms with E-state index in [9.17, 15) is 0 Å². The standard InChI is InChI=1S/C16H14Br2IN/c1-20-9-15(18)13-6-5-11(17)8-14(13)16(20)10-3-2-4-12(19)7-10/h2-8,15-16H,9H2,1H3. The van der Waals surface area contributed by atoms with E-state index in [4.69, 9.17) is 0 Å². The van der Waals surface area contributed by atoms with Gasteiger partial charge in [-0.15, -0.1) is 0 Å². The number of benzene rings is 2. The van der Waals surface area contributed by atoms with Gasteiger partial charge in [-0.1, -0.05) is 50.1 Å². The van der Waals surface area contributed by atoms with Crippen molar-refractivity contribution in [3.63, 3.8) is 0 Å². The zero-order chi connectivity index (χ0) is 14.3. The highest BCUT2D eigenvalue weighted by atomic mass is 127. The van der Waals surface area contributed by atoms with Crippen LogP contribution in [-0.2, 0) is 0 Å². The van der Waals surface area contributed by atoms with Gasteiger partial charge in [0.1, 0.15) is 0 Å². The van der Waals surface area contributed by atoms with Gasteiger partial charge >= 0.3 is 0 Å². The number of hydrogen-bond donors (Lipinski definition) is 0. The number of halogens is 3. The first-order valence-electron chi connectivity index (χ1n) is 6.45. The Labute approximate surface area is 150 Å². The Morgan fingerprint density at radius 2 is 1.95 bits per heavy atom. The predicted molar refractivity (Wildman–Crippen MR) is 99.4 cm³/mol. The Hall–Kier alpha value is 0.0900. The van der Waals surface area contributed by atoms with Gasteiger partial charge in [-0.05, 0) is 70.6 Å². The summed E-state index contributed by atoms with van der Waals surface area (Å²) < 4.78 is 2.42. The number of likely N-dealkylation sites (N-methyl/N-ethyl adjacent to an activating group) is 1. The monoisotopic (exact) mass is 505 g/mol. The minimum Gasteiger partial charge on any atom is -0.294 e. The first-order valence-corrected chi connectivity index (χ1v) is 9.24. The van der Waals surface area contributed by atoms with Crippen molar-refractivity contribution in [2.24, 2.45) is 0 Å². The van der Waals surface area contributed by atoms with Crippen molar-refractivity contribution in [1.82, 2.24) is 4.90 Å². The lowest BCUT2D eigenvalue weighted by atomic mass is 9.88. The van der Waals surface area contributed by atoms with Gasteiger partial charge in [0.25, 0.3) is 0 Å². The molecule has 0 saturated carbocycles. The summed E-state index contributed by atoms with van der Waals surface area (Å²) in [4.78, 5) is 2.81. The maximum atomic E-state index is 3.81. The molecular formula is C16H14Br2IN. The van der Waals surface area contributed by atoms with Crippen LogP contribution in [0.5, 0.6) is 0 Å². The molecule has 0 aromatic heterocycles. The van der Waals surface area contributed by atoms with E-state index in [1.165, 1.54) is 20.3 Å². The maximum Gasteiger partial charge on any atom is 0.0603 e. The molecule has 1 aliphatic heterocycles. The van der Waals surface area contributed by atoms with Gasteiger partial charge in [0, 0.05) is 14.6 Å². The second kappa shape index (κ2) is 6.07. The van der Waals surface area contributed by atoms with Crippen LogP contribution < -0.4 is 0 Å². The first-order chi connectivity index (χ1) is 9.56. The molecule has 1 nitrogen and oxygen atoms in total. The molecule has 4 heteroatoms. The molecular weight excluding hydrogens is 493 g/mol. The van der Waals surface area contributed by atoms with Crippen LogP contribution in [0.1, 0.15) is 27.6 Å². The third-order valence-corrected chi connectivity index (χ3v) is 5.68. The molecule has 0 fully saturated rings. The summed E-state index contributed by atoms with van der Waals surface area (Å²) in [5.41, 5.74) is 4.14. The van der Waals surface area contributed by atoms with Crippen molar-refractivity contribution in [2.45, 2.75) is 10.9 Å². The molecule has 2 aromatic rings. The number of hydrogen-bond acceptors (Lipinski definition) is 1. The number of nitrogens with zero attached hydrogens (tertiary/aromatic N) is 1. The van der Waals surface area contributed by atoms with E-state index < -0.39 is 0 Å². The van der Waals surface area contributed by atoms with Gasteiger partial charge in [-0.25, -0.2) is 0 Å². The quantitative estimate of drug-likeness (QED) is 0.363. The Balaban J connectivity index is 2.16. The molecule has 20 heavy (non-hydrogen) atoms. The smallest absolute Gasteiger partial charge is 0.0603 e. The first kappa shape index (κ1) is 15.0. The third kappa shape index (κ3) is 2.85. The van der Waals surface area contributed by atoms with Gasteiger partial charge in [0.2, 0.25) is 0 Å². The molecule has 104 valence electrons. The lowest BCUT2D eigenvalue weighted by Crippen LogP contribution is -2.34. The van der Waals surface area contributed by atoms with Crippen LogP contribution in [0.2, 0.25) is 0 Å². The molecule has 2 aromatic carbocycles. The second-order valence-corrected chi connectivity index (χ2v) is 8.40. The molecule has 2 atom stereocenters.